The molecule has 0 spiro atoms. The van der Waals surface area contributed by atoms with Gasteiger partial charge in [0.2, 0.25) is 4.38 Å². The molecule has 0 unspecified atom stereocenters. The number of rotatable bonds is 4. The van der Waals surface area contributed by atoms with Gasteiger partial charge < -0.3 is 14.2 Å². The summed E-state index contributed by atoms with van der Waals surface area (Å²) in [4.78, 5) is 0. The van der Waals surface area contributed by atoms with Gasteiger partial charge >= 0.3 is 0 Å². The summed E-state index contributed by atoms with van der Waals surface area (Å²) in [7, 11) is 0. The number of ether oxygens (including phenoxy) is 2. The van der Waals surface area contributed by atoms with E-state index in [-0.39, 0.29) is 0 Å². The molecular formula is C6H11NO2S4. The van der Waals surface area contributed by atoms with Crippen LogP contribution in [0.4, 0.5) is 0 Å². The van der Waals surface area contributed by atoms with Gasteiger partial charge in [0, 0.05) is 18.6 Å². The first-order valence-corrected chi connectivity index (χ1v) is 5.65. The Balaban J connectivity index is 3.25. The largest absolute Gasteiger partial charge is 0.475 e. The molecule has 0 aliphatic carbocycles. The molecule has 0 aliphatic heterocycles. The molecular weight excluding hydrogens is 246 g/mol. The minimum Gasteiger partial charge on any atom is -0.475 e. The van der Waals surface area contributed by atoms with Gasteiger partial charge in [-0.3, -0.25) is 0 Å². The summed E-state index contributed by atoms with van der Waals surface area (Å²) in [6, 6.07) is 0. The van der Waals surface area contributed by atoms with Gasteiger partial charge in [0.25, 0.3) is 0 Å². The second-order valence-electron chi connectivity index (χ2n) is 1.80. The fourth-order valence-electron chi connectivity index (χ4n) is 0.443. The number of nitrogens with one attached hydrogen (secondary N) is 1. The van der Waals surface area contributed by atoms with Gasteiger partial charge in [-0.05, 0) is 19.1 Å². The zero-order valence-corrected chi connectivity index (χ0v) is 10.5. The van der Waals surface area contributed by atoms with Crippen molar-refractivity contribution in [3.05, 3.63) is 0 Å². The van der Waals surface area contributed by atoms with E-state index >= 15 is 0 Å². The number of hydrogen-bond donors (Lipinski definition) is 2. The second kappa shape index (κ2) is 9.01. The van der Waals surface area contributed by atoms with E-state index in [4.69, 9.17) is 21.7 Å². The molecule has 1 N–H and O–H groups in total. The van der Waals surface area contributed by atoms with Gasteiger partial charge in [0.15, 0.2) is 0 Å². The summed E-state index contributed by atoms with van der Waals surface area (Å²) in [5.41, 5.74) is 0. The summed E-state index contributed by atoms with van der Waals surface area (Å²) in [6.45, 7) is 3.61. The summed E-state index contributed by atoms with van der Waals surface area (Å²) >= 11 is 14.5. The molecule has 7 heteroatoms. The Labute approximate surface area is 98.5 Å². The molecule has 0 fully saturated rings. The highest BCUT2D eigenvalue weighted by atomic mass is 32.2. The fourth-order valence-corrected chi connectivity index (χ4v) is 1.23. The zero-order valence-electron chi connectivity index (χ0n) is 7.11. The Morgan fingerprint density at radius 2 is 2.15 bits per heavy atom. The van der Waals surface area contributed by atoms with E-state index in [0.717, 1.165) is 11.9 Å². The van der Waals surface area contributed by atoms with Crippen LogP contribution in [0.5, 0.6) is 0 Å². The van der Waals surface area contributed by atoms with Gasteiger partial charge in [-0.25, -0.2) is 0 Å². The van der Waals surface area contributed by atoms with E-state index in [2.05, 4.69) is 29.6 Å². The van der Waals surface area contributed by atoms with Gasteiger partial charge in [-0.15, -0.1) is 12.6 Å². The Morgan fingerprint density at radius 3 is 2.69 bits per heavy atom. The standard InChI is InChI=1S/C6H11NO2S4/c1-2-8-3-4-9-6(12)13-7-5(10)11/h2-4H2,1H3,(H2,7,10,11). The molecule has 3 nitrogen and oxygen atoms in total. The van der Waals surface area contributed by atoms with Gasteiger partial charge in [-0.1, -0.05) is 12.2 Å². The van der Waals surface area contributed by atoms with Crippen LogP contribution in [-0.2, 0) is 9.47 Å². The van der Waals surface area contributed by atoms with Crippen LogP contribution < -0.4 is 4.72 Å². The quantitative estimate of drug-likeness (QED) is 0.345. The first-order chi connectivity index (χ1) is 6.16. The van der Waals surface area contributed by atoms with Crippen LogP contribution >= 0.6 is 49.0 Å². The van der Waals surface area contributed by atoms with Gasteiger partial charge in [0.05, 0.1) is 6.61 Å². The topological polar surface area (TPSA) is 30.5 Å². The van der Waals surface area contributed by atoms with E-state index in [1.165, 1.54) is 0 Å². The number of thiocarbonyl (C=S) groups is 2. The molecule has 0 aromatic rings. The molecule has 13 heavy (non-hydrogen) atoms. The molecule has 0 aliphatic rings. The smallest absolute Gasteiger partial charge is 0.241 e. The predicted molar refractivity (Wildman–Crippen MR) is 67.4 cm³/mol. The average Bonchev–Trinajstić information content (AvgIpc) is 2.09. The first-order valence-electron chi connectivity index (χ1n) is 3.57. The van der Waals surface area contributed by atoms with E-state index in [9.17, 15) is 0 Å². The van der Waals surface area contributed by atoms with Crippen LogP contribution in [0.1, 0.15) is 6.92 Å². The summed E-state index contributed by atoms with van der Waals surface area (Å²) in [6.07, 6.45) is 0. The average molecular weight is 257 g/mol. The van der Waals surface area contributed by atoms with Crippen molar-refractivity contribution in [3.63, 3.8) is 0 Å². The van der Waals surface area contributed by atoms with Crippen LogP contribution in [0.2, 0.25) is 0 Å². The monoisotopic (exact) mass is 257 g/mol. The second-order valence-corrected chi connectivity index (χ2v) is 4.37. The lowest BCUT2D eigenvalue weighted by molar-refractivity contribution is 0.109. The maximum atomic E-state index is 5.11. The molecule has 76 valence electrons. The number of thiol groups is 1. The Bertz CT molecular complexity index is 176. The Kier molecular flexibility index (Phi) is 9.32. The van der Waals surface area contributed by atoms with Crippen molar-refractivity contribution in [1.29, 1.82) is 0 Å². The Morgan fingerprint density at radius 1 is 1.46 bits per heavy atom. The molecule has 0 atom stereocenters. The molecule has 0 aromatic heterocycles. The van der Waals surface area contributed by atoms with Gasteiger partial charge in [0.1, 0.15) is 10.9 Å². The summed E-state index contributed by atoms with van der Waals surface area (Å²) < 4.78 is 13.6. The van der Waals surface area contributed by atoms with E-state index < -0.39 is 0 Å². The van der Waals surface area contributed by atoms with Crippen molar-refractivity contribution in [3.8, 4) is 0 Å². The maximum Gasteiger partial charge on any atom is 0.241 e. The van der Waals surface area contributed by atoms with E-state index in [1.807, 2.05) is 6.92 Å². The molecule has 0 amide bonds. The van der Waals surface area contributed by atoms with Crippen molar-refractivity contribution >= 4 is 57.7 Å². The molecule has 0 heterocycles. The highest BCUT2D eigenvalue weighted by Crippen LogP contribution is 2.01. The predicted octanol–water partition coefficient (Wildman–Crippen LogP) is 1.78. The third-order valence-electron chi connectivity index (χ3n) is 0.873. The fraction of sp³-hybridized carbons (Fsp3) is 0.667. The molecule has 0 rings (SSSR count). The first kappa shape index (κ1) is 13.4. The lowest BCUT2D eigenvalue weighted by Gasteiger charge is -2.06. The summed E-state index contributed by atoms with van der Waals surface area (Å²) in [5, 5.41) is 0. The summed E-state index contributed by atoms with van der Waals surface area (Å²) in [5.74, 6) is 0. The highest BCUT2D eigenvalue weighted by Gasteiger charge is 1.98. The van der Waals surface area contributed by atoms with Gasteiger partial charge in [-0.2, -0.15) is 0 Å². The number of hydrogen-bond acceptors (Lipinski definition) is 5. The van der Waals surface area contributed by atoms with Crippen molar-refractivity contribution in [2.24, 2.45) is 0 Å². The van der Waals surface area contributed by atoms with Crippen LogP contribution in [-0.4, -0.2) is 28.5 Å². The van der Waals surface area contributed by atoms with E-state index in [0.29, 0.717) is 28.5 Å². The van der Waals surface area contributed by atoms with Crippen LogP contribution in [0, 0.1) is 0 Å². The minimum atomic E-state index is 0.376. The van der Waals surface area contributed by atoms with Crippen molar-refractivity contribution in [2.45, 2.75) is 6.92 Å². The Hall–Kier alpha value is 0.440. The van der Waals surface area contributed by atoms with Crippen LogP contribution in [0.3, 0.4) is 0 Å². The SMILES string of the molecule is CCOCCOC(=S)SNC(=S)S. The maximum absolute atomic E-state index is 5.11. The minimum absolute atomic E-state index is 0.376. The van der Waals surface area contributed by atoms with E-state index in [1.54, 1.807) is 0 Å². The van der Waals surface area contributed by atoms with Crippen LogP contribution in [0.15, 0.2) is 0 Å². The third-order valence-corrected chi connectivity index (χ3v) is 2.33. The molecule has 0 saturated carbocycles. The van der Waals surface area contributed by atoms with Crippen molar-refractivity contribution in [2.75, 3.05) is 19.8 Å². The molecule has 0 radical (unpaired) electrons. The third kappa shape index (κ3) is 10.4. The van der Waals surface area contributed by atoms with Crippen molar-refractivity contribution in [1.82, 2.24) is 4.72 Å². The molecule has 0 bridgehead atoms. The zero-order chi connectivity index (χ0) is 10.1. The normalized spacial score (nSPS) is 9.38. The highest BCUT2D eigenvalue weighted by molar-refractivity contribution is 8.23. The van der Waals surface area contributed by atoms with Crippen LogP contribution in [0.25, 0.3) is 0 Å². The molecule has 0 aromatic carbocycles. The lowest BCUT2D eigenvalue weighted by atomic mass is 10.7. The van der Waals surface area contributed by atoms with Crippen molar-refractivity contribution < 1.29 is 9.47 Å². The molecule has 0 saturated heterocycles. The lowest BCUT2D eigenvalue weighted by Crippen LogP contribution is -2.13.